The first-order chi connectivity index (χ1) is 11.1. The largest absolute Gasteiger partial charge is 0.342 e. The van der Waals surface area contributed by atoms with Gasteiger partial charge >= 0.3 is 6.03 Å². The molecule has 23 heavy (non-hydrogen) atoms. The molecule has 3 amide bonds. The van der Waals surface area contributed by atoms with Gasteiger partial charge in [0.1, 0.15) is 5.82 Å². The van der Waals surface area contributed by atoms with Gasteiger partial charge in [0.05, 0.1) is 5.92 Å². The number of carbonyl (C=O) groups excluding carboxylic acids is 2. The van der Waals surface area contributed by atoms with E-state index in [0.29, 0.717) is 18.8 Å². The first-order valence-electron chi connectivity index (χ1n) is 7.94. The molecule has 2 fully saturated rings. The summed E-state index contributed by atoms with van der Waals surface area (Å²) in [5.74, 6) is 0.00825. The van der Waals surface area contributed by atoms with Crippen molar-refractivity contribution < 1.29 is 14.0 Å². The van der Waals surface area contributed by atoms with E-state index in [0.717, 1.165) is 25.9 Å². The summed E-state index contributed by atoms with van der Waals surface area (Å²) in [5, 5.41) is 8.69. The normalized spacial score (nSPS) is 19.1. The number of rotatable bonds is 3. The Morgan fingerprint density at radius 2 is 1.78 bits per heavy atom. The Kier molecular flexibility index (Phi) is 4.76. The highest BCUT2D eigenvalue weighted by Gasteiger charge is 2.31. The van der Waals surface area contributed by atoms with Crippen molar-refractivity contribution in [3.8, 4) is 0 Å². The number of urea groups is 1. The van der Waals surface area contributed by atoms with E-state index in [1.165, 1.54) is 24.3 Å². The molecule has 0 radical (unpaired) electrons. The maximum Gasteiger partial charge on any atom is 0.319 e. The van der Waals surface area contributed by atoms with Gasteiger partial charge in [-0.1, -0.05) is 0 Å². The zero-order valence-corrected chi connectivity index (χ0v) is 12.8. The number of likely N-dealkylation sites (tertiary alicyclic amines) is 1. The monoisotopic (exact) mass is 320 g/mol. The maximum atomic E-state index is 12.8. The van der Waals surface area contributed by atoms with E-state index in [1.54, 1.807) is 0 Å². The second-order valence-electron chi connectivity index (χ2n) is 6.06. The van der Waals surface area contributed by atoms with Crippen LogP contribution in [0.5, 0.6) is 0 Å². The predicted molar refractivity (Wildman–Crippen MR) is 84.5 cm³/mol. The summed E-state index contributed by atoms with van der Waals surface area (Å²) < 4.78 is 12.8. The fourth-order valence-electron chi connectivity index (χ4n) is 2.85. The molecule has 2 heterocycles. The first-order valence-corrected chi connectivity index (χ1v) is 7.94. The molecular weight excluding hydrogens is 299 g/mol. The second-order valence-corrected chi connectivity index (χ2v) is 6.06. The van der Waals surface area contributed by atoms with E-state index in [4.69, 9.17) is 0 Å². The number of anilines is 1. The zero-order valence-electron chi connectivity index (χ0n) is 12.8. The lowest BCUT2D eigenvalue weighted by Gasteiger charge is -2.37. The quantitative estimate of drug-likeness (QED) is 0.782. The molecule has 0 spiro atoms. The van der Waals surface area contributed by atoms with Crippen molar-refractivity contribution in [3.05, 3.63) is 30.1 Å². The third-order valence-corrected chi connectivity index (χ3v) is 4.37. The van der Waals surface area contributed by atoms with Gasteiger partial charge in [0.25, 0.3) is 0 Å². The summed E-state index contributed by atoms with van der Waals surface area (Å²) in [4.78, 5) is 26.0. The number of benzene rings is 1. The Balaban J connectivity index is 1.42. The third kappa shape index (κ3) is 3.98. The molecule has 0 unspecified atom stereocenters. The minimum absolute atomic E-state index is 0.0546. The van der Waals surface area contributed by atoms with E-state index in [9.17, 15) is 14.0 Å². The molecule has 124 valence electrons. The lowest BCUT2D eigenvalue weighted by Crippen LogP contribution is -2.55. The average molecular weight is 320 g/mol. The third-order valence-electron chi connectivity index (χ3n) is 4.37. The Morgan fingerprint density at radius 1 is 1.13 bits per heavy atom. The number of hydrogen-bond acceptors (Lipinski definition) is 3. The molecule has 2 aliphatic heterocycles. The van der Waals surface area contributed by atoms with Crippen molar-refractivity contribution in [3.63, 3.8) is 0 Å². The highest BCUT2D eigenvalue weighted by Crippen LogP contribution is 2.16. The Bertz CT molecular complexity index is 566. The SMILES string of the molecule is O=C(Nc1ccc(F)cc1)NC1CCN(C(=O)C2CNC2)CC1. The van der Waals surface area contributed by atoms with E-state index >= 15 is 0 Å². The van der Waals surface area contributed by atoms with Crippen LogP contribution in [0.25, 0.3) is 0 Å². The van der Waals surface area contributed by atoms with Crippen LogP contribution in [0.1, 0.15) is 12.8 Å². The molecular formula is C16H21FN4O2. The molecule has 7 heteroatoms. The van der Waals surface area contributed by atoms with E-state index in [1.807, 2.05) is 4.90 Å². The van der Waals surface area contributed by atoms with Crippen LogP contribution < -0.4 is 16.0 Å². The summed E-state index contributed by atoms with van der Waals surface area (Å²) in [6, 6.07) is 5.39. The highest BCUT2D eigenvalue weighted by molar-refractivity contribution is 5.89. The minimum Gasteiger partial charge on any atom is -0.342 e. The van der Waals surface area contributed by atoms with Crippen molar-refractivity contribution in [1.82, 2.24) is 15.5 Å². The van der Waals surface area contributed by atoms with Crippen LogP contribution in [0.3, 0.4) is 0 Å². The van der Waals surface area contributed by atoms with Crippen molar-refractivity contribution in [2.75, 3.05) is 31.5 Å². The topological polar surface area (TPSA) is 73.5 Å². The number of halogens is 1. The van der Waals surface area contributed by atoms with Gasteiger partial charge in [0.15, 0.2) is 0 Å². The number of piperidine rings is 1. The second kappa shape index (κ2) is 6.95. The Labute approximate surface area is 134 Å². The van der Waals surface area contributed by atoms with Gasteiger partial charge < -0.3 is 20.9 Å². The van der Waals surface area contributed by atoms with Crippen LogP contribution in [0.2, 0.25) is 0 Å². The fourth-order valence-corrected chi connectivity index (χ4v) is 2.85. The molecule has 6 nitrogen and oxygen atoms in total. The van der Waals surface area contributed by atoms with Crippen molar-refractivity contribution >= 4 is 17.6 Å². The van der Waals surface area contributed by atoms with Crippen LogP contribution in [0.4, 0.5) is 14.9 Å². The summed E-state index contributed by atoms with van der Waals surface area (Å²) >= 11 is 0. The molecule has 3 N–H and O–H groups in total. The van der Waals surface area contributed by atoms with Gasteiger partial charge in [-0.05, 0) is 37.1 Å². The van der Waals surface area contributed by atoms with Gasteiger partial charge in [-0.3, -0.25) is 4.79 Å². The first kappa shape index (κ1) is 15.7. The molecule has 0 saturated carbocycles. The summed E-state index contributed by atoms with van der Waals surface area (Å²) in [7, 11) is 0. The number of nitrogens with one attached hydrogen (secondary N) is 3. The summed E-state index contributed by atoms with van der Waals surface area (Å²) in [6.07, 6.45) is 1.51. The Hall–Kier alpha value is -2.15. The minimum atomic E-state index is -0.338. The van der Waals surface area contributed by atoms with Gasteiger partial charge in [-0.2, -0.15) is 0 Å². The van der Waals surface area contributed by atoms with E-state index < -0.39 is 0 Å². The molecule has 0 aromatic heterocycles. The number of hydrogen-bond donors (Lipinski definition) is 3. The highest BCUT2D eigenvalue weighted by atomic mass is 19.1. The number of carbonyl (C=O) groups is 2. The summed E-state index contributed by atoms with van der Waals surface area (Å²) in [5.41, 5.74) is 0.550. The molecule has 0 aliphatic carbocycles. The number of nitrogens with zero attached hydrogens (tertiary/aromatic N) is 1. The number of amides is 3. The predicted octanol–water partition coefficient (Wildman–Crippen LogP) is 1.16. The van der Waals surface area contributed by atoms with Gasteiger partial charge in [-0.25, -0.2) is 9.18 Å². The fraction of sp³-hybridized carbons (Fsp3) is 0.500. The standard InChI is InChI=1S/C16H21FN4O2/c17-12-1-3-13(4-2-12)19-16(23)20-14-5-7-21(8-6-14)15(22)11-9-18-10-11/h1-4,11,14,18H,5-10H2,(H2,19,20,23). The lowest BCUT2D eigenvalue weighted by molar-refractivity contribution is -0.138. The van der Waals surface area contributed by atoms with Crippen molar-refractivity contribution in [1.29, 1.82) is 0 Å². The van der Waals surface area contributed by atoms with Crippen LogP contribution in [-0.2, 0) is 4.79 Å². The van der Waals surface area contributed by atoms with E-state index in [-0.39, 0.29) is 29.7 Å². The molecule has 1 aromatic carbocycles. The van der Waals surface area contributed by atoms with Crippen LogP contribution in [-0.4, -0.2) is 49.1 Å². The Morgan fingerprint density at radius 3 is 2.35 bits per heavy atom. The summed E-state index contributed by atoms with van der Waals surface area (Å²) in [6.45, 7) is 2.90. The van der Waals surface area contributed by atoms with Crippen LogP contribution in [0.15, 0.2) is 24.3 Å². The molecule has 0 bridgehead atoms. The zero-order chi connectivity index (χ0) is 16.2. The molecule has 1 aromatic rings. The van der Waals surface area contributed by atoms with Gasteiger partial charge in [0, 0.05) is 37.9 Å². The van der Waals surface area contributed by atoms with Gasteiger partial charge in [0.2, 0.25) is 5.91 Å². The smallest absolute Gasteiger partial charge is 0.319 e. The maximum absolute atomic E-state index is 12.8. The van der Waals surface area contributed by atoms with E-state index in [2.05, 4.69) is 16.0 Å². The molecule has 2 saturated heterocycles. The lowest BCUT2D eigenvalue weighted by atomic mass is 9.98. The van der Waals surface area contributed by atoms with Crippen molar-refractivity contribution in [2.45, 2.75) is 18.9 Å². The van der Waals surface area contributed by atoms with Crippen LogP contribution in [0, 0.1) is 11.7 Å². The average Bonchev–Trinajstić information content (AvgIpc) is 2.48. The van der Waals surface area contributed by atoms with Gasteiger partial charge in [-0.15, -0.1) is 0 Å². The molecule has 2 aliphatic rings. The molecule has 0 atom stereocenters. The molecule has 3 rings (SSSR count). The van der Waals surface area contributed by atoms with Crippen molar-refractivity contribution in [2.24, 2.45) is 5.92 Å². The van der Waals surface area contributed by atoms with Crippen LogP contribution >= 0.6 is 0 Å².